The quantitative estimate of drug-likeness (QED) is 0.860. The van der Waals surface area contributed by atoms with Crippen molar-refractivity contribution in [3.63, 3.8) is 0 Å². The van der Waals surface area contributed by atoms with Crippen molar-refractivity contribution in [1.82, 2.24) is 9.21 Å². The first kappa shape index (κ1) is 18.6. The van der Waals surface area contributed by atoms with Crippen LogP contribution in [0.2, 0.25) is 5.02 Å². The van der Waals surface area contributed by atoms with Gasteiger partial charge in [0.25, 0.3) is 5.91 Å². The number of phenolic OH excluding ortho intramolecular Hbond substituents is 1. The van der Waals surface area contributed by atoms with E-state index >= 15 is 0 Å². The Kier molecular flexibility index (Phi) is 5.17. The summed E-state index contributed by atoms with van der Waals surface area (Å²) < 4.78 is 39.4. The number of phenols is 1. The van der Waals surface area contributed by atoms with Gasteiger partial charge in [0.15, 0.2) is 0 Å². The van der Waals surface area contributed by atoms with Crippen LogP contribution in [0.25, 0.3) is 0 Å². The summed E-state index contributed by atoms with van der Waals surface area (Å²) in [4.78, 5) is 14.0. The summed E-state index contributed by atoms with van der Waals surface area (Å²) in [5.41, 5.74) is 0.115. The van der Waals surface area contributed by atoms with Gasteiger partial charge in [0.1, 0.15) is 11.6 Å². The summed E-state index contributed by atoms with van der Waals surface area (Å²) in [6.07, 6.45) is 0. The molecule has 1 N–H and O–H groups in total. The molecular formula is C17H16ClFN2O4S. The van der Waals surface area contributed by atoms with E-state index in [0.717, 1.165) is 12.1 Å². The Hall–Kier alpha value is -2.16. The monoisotopic (exact) mass is 398 g/mol. The average molecular weight is 399 g/mol. The number of nitrogens with zero attached hydrogens (tertiary/aromatic N) is 2. The molecule has 0 bridgehead atoms. The van der Waals surface area contributed by atoms with Gasteiger partial charge in [-0.05, 0) is 42.5 Å². The lowest BCUT2D eigenvalue weighted by atomic mass is 10.1. The molecule has 3 rings (SSSR count). The molecule has 2 aromatic rings. The molecule has 0 aliphatic carbocycles. The topological polar surface area (TPSA) is 77.9 Å². The number of hydrogen-bond acceptors (Lipinski definition) is 4. The number of halogens is 2. The molecule has 0 spiro atoms. The molecule has 0 saturated carbocycles. The van der Waals surface area contributed by atoms with Crippen molar-refractivity contribution in [3.8, 4) is 5.75 Å². The maximum atomic E-state index is 13.0. The van der Waals surface area contributed by atoms with Crippen molar-refractivity contribution in [3.05, 3.63) is 58.9 Å². The predicted octanol–water partition coefficient (Wildman–Crippen LogP) is 2.33. The molecule has 0 atom stereocenters. The molecule has 1 amide bonds. The van der Waals surface area contributed by atoms with Crippen molar-refractivity contribution in [1.29, 1.82) is 0 Å². The summed E-state index contributed by atoms with van der Waals surface area (Å²) >= 11 is 5.76. The molecule has 1 aliphatic heterocycles. The van der Waals surface area contributed by atoms with E-state index in [2.05, 4.69) is 0 Å². The van der Waals surface area contributed by atoms with Crippen LogP contribution < -0.4 is 0 Å². The second-order valence-corrected chi connectivity index (χ2v) is 8.19. The van der Waals surface area contributed by atoms with Gasteiger partial charge in [-0.25, -0.2) is 12.8 Å². The highest BCUT2D eigenvalue weighted by Crippen LogP contribution is 2.24. The lowest BCUT2D eigenvalue weighted by Gasteiger charge is -2.34. The van der Waals surface area contributed by atoms with Crippen molar-refractivity contribution in [2.45, 2.75) is 4.90 Å². The molecule has 1 aliphatic rings. The summed E-state index contributed by atoms with van der Waals surface area (Å²) in [6, 6.07) is 8.84. The number of piperazine rings is 1. The summed E-state index contributed by atoms with van der Waals surface area (Å²) in [7, 11) is -3.74. The van der Waals surface area contributed by atoms with E-state index in [0.29, 0.717) is 5.02 Å². The molecule has 0 unspecified atom stereocenters. The minimum absolute atomic E-state index is 0.00835. The third-order valence-electron chi connectivity index (χ3n) is 4.17. The van der Waals surface area contributed by atoms with E-state index in [-0.39, 0.29) is 42.4 Å². The van der Waals surface area contributed by atoms with Crippen molar-refractivity contribution in [2.24, 2.45) is 0 Å². The normalized spacial score (nSPS) is 15.8. The zero-order valence-electron chi connectivity index (χ0n) is 13.6. The van der Waals surface area contributed by atoms with Crippen LogP contribution in [0.1, 0.15) is 10.4 Å². The Labute approximate surface area is 155 Å². The number of rotatable bonds is 3. The van der Waals surface area contributed by atoms with Gasteiger partial charge in [0, 0.05) is 31.2 Å². The lowest BCUT2D eigenvalue weighted by Crippen LogP contribution is -2.50. The van der Waals surface area contributed by atoms with Gasteiger partial charge >= 0.3 is 0 Å². The third kappa shape index (κ3) is 3.67. The Bertz CT molecular complexity index is 926. The highest BCUT2D eigenvalue weighted by atomic mass is 35.5. The van der Waals surface area contributed by atoms with Crippen LogP contribution in [-0.4, -0.2) is 54.8 Å². The number of carbonyl (C=O) groups is 1. The van der Waals surface area contributed by atoms with Crippen molar-refractivity contribution >= 4 is 27.5 Å². The minimum Gasteiger partial charge on any atom is -0.507 e. The van der Waals surface area contributed by atoms with Gasteiger partial charge in [0.05, 0.1) is 10.5 Å². The van der Waals surface area contributed by atoms with Crippen LogP contribution >= 0.6 is 11.6 Å². The fourth-order valence-corrected chi connectivity index (χ4v) is 4.33. The van der Waals surface area contributed by atoms with Crippen LogP contribution in [0, 0.1) is 5.82 Å². The van der Waals surface area contributed by atoms with E-state index in [1.165, 1.54) is 39.5 Å². The highest BCUT2D eigenvalue weighted by molar-refractivity contribution is 7.89. The van der Waals surface area contributed by atoms with E-state index in [1.54, 1.807) is 0 Å². The summed E-state index contributed by atoms with van der Waals surface area (Å²) in [5, 5.41) is 10.2. The Morgan fingerprint density at radius 1 is 1.04 bits per heavy atom. The first-order valence-electron chi connectivity index (χ1n) is 7.82. The van der Waals surface area contributed by atoms with Crippen molar-refractivity contribution in [2.75, 3.05) is 26.2 Å². The van der Waals surface area contributed by atoms with Crippen LogP contribution in [0.4, 0.5) is 4.39 Å². The Morgan fingerprint density at radius 2 is 1.65 bits per heavy atom. The van der Waals surface area contributed by atoms with Crippen molar-refractivity contribution < 1.29 is 22.7 Å². The fourth-order valence-electron chi connectivity index (χ4n) is 2.74. The second kappa shape index (κ2) is 7.22. The van der Waals surface area contributed by atoms with Gasteiger partial charge < -0.3 is 10.0 Å². The van der Waals surface area contributed by atoms with Gasteiger partial charge in [-0.15, -0.1) is 0 Å². The number of amides is 1. The third-order valence-corrected chi connectivity index (χ3v) is 6.32. The Morgan fingerprint density at radius 3 is 2.23 bits per heavy atom. The highest BCUT2D eigenvalue weighted by Gasteiger charge is 2.31. The van der Waals surface area contributed by atoms with Gasteiger partial charge in [0.2, 0.25) is 10.0 Å². The molecule has 0 radical (unpaired) electrons. The smallest absolute Gasteiger partial charge is 0.257 e. The van der Waals surface area contributed by atoms with E-state index in [1.807, 2.05) is 0 Å². The van der Waals surface area contributed by atoms with Crippen LogP contribution in [0.3, 0.4) is 0 Å². The first-order chi connectivity index (χ1) is 12.3. The van der Waals surface area contributed by atoms with E-state index in [9.17, 15) is 22.7 Å². The molecule has 6 nitrogen and oxygen atoms in total. The summed E-state index contributed by atoms with van der Waals surface area (Å²) in [5.74, 6) is -1.12. The molecule has 1 heterocycles. The van der Waals surface area contributed by atoms with Gasteiger partial charge in [-0.2, -0.15) is 4.31 Å². The zero-order valence-corrected chi connectivity index (χ0v) is 15.2. The molecular weight excluding hydrogens is 383 g/mol. The standard InChI is InChI=1S/C17H16ClFN2O4S/c18-12-1-6-15(16(22)11-12)17(23)20-7-9-21(10-8-20)26(24,25)14-4-2-13(19)3-5-14/h1-6,11,22H,7-10H2. The number of benzene rings is 2. The fraction of sp³-hybridized carbons (Fsp3) is 0.235. The minimum atomic E-state index is -3.74. The van der Waals surface area contributed by atoms with Crippen LogP contribution in [-0.2, 0) is 10.0 Å². The van der Waals surface area contributed by atoms with Gasteiger partial charge in [-0.3, -0.25) is 4.79 Å². The largest absolute Gasteiger partial charge is 0.507 e. The number of aromatic hydroxyl groups is 1. The molecule has 2 aromatic carbocycles. The Balaban J connectivity index is 1.70. The molecule has 138 valence electrons. The van der Waals surface area contributed by atoms with E-state index in [4.69, 9.17) is 11.6 Å². The SMILES string of the molecule is O=C(c1ccc(Cl)cc1O)N1CCN(S(=O)(=O)c2ccc(F)cc2)CC1. The van der Waals surface area contributed by atoms with Crippen LogP contribution in [0.5, 0.6) is 5.75 Å². The lowest BCUT2D eigenvalue weighted by molar-refractivity contribution is 0.0695. The van der Waals surface area contributed by atoms with Gasteiger partial charge in [-0.1, -0.05) is 11.6 Å². The van der Waals surface area contributed by atoms with Crippen LogP contribution in [0.15, 0.2) is 47.4 Å². The maximum absolute atomic E-state index is 13.0. The average Bonchev–Trinajstić information content (AvgIpc) is 2.62. The molecule has 1 fully saturated rings. The zero-order chi connectivity index (χ0) is 18.9. The maximum Gasteiger partial charge on any atom is 0.257 e. The first-order valence-corrected chi connectivity index (χ1v) is 9.64. The molecule has 1 saturated heterocycles. The number of hydrogen-bond donors (Lipinski definition) is 1. The molecule has 26 heavy (non-hydrogen) atoms. The second-order valence-electron chi connectivity index (χ2n) is 5.81. The van der Waals surface area contributed by atoms with E-state index < -0.39 is 21.7 Å². The molecule has 9 heteroatoms. The summed E-state index contributed by atoms with van der Waals surface area (Å²) in [6.45, 7) is 0.586. The predicted molar refractivity (Wildman–Crippen MR) is 94.2 cm³/mol. The number of carbonyl (C=O) groups excluding carboxylic acids is 1. The number of sulfonamides is 1. The molecule has 0 aromatic heterocycles.